The lowest BCUT2D eigenvalue weighted by Crippen LogP contribution is -1.82. The van der Waals surface area contributed by atoms with E-state index in [1.54, 1.807) is 14.2 Å². The topological polar surface area (TPSA) is 18.5 Å². The first-order valence-electron chi connectivity index (χ1n) is 11.3. The van der Waals surface area contributed by atoms with E-state index >= 15 is 0 Å². The molecule has 0 atom stereocenters. The van der Waals surface area contributed by atoms with Crippen LogP contribution in [0.3, 0.4) is 0 Å². The largest absolute Gasteiger partial charge is 0.497 e. The van der Waals surface area contributed by atoms with Crippen molar-refractivity contribution in [2.75, 3.05) is 14.2 Å². The van der Waals surface area contributed by atoms with Crippen LogP contribution in [0.2, 0.25) is 0 Å². The highest BCUT2D eigenvalue weighted by Crippen LogP contribution is 2.26. The monoisotopic (exact) mass is 442 g/mol. The predicted molar refractivity (Wildman–Crippen MR) is 145 cm³/mol. The molecule has 0 saturated carbocycles. The number of hydrogen-bond acceptors (Lipinski definition) is 2. The maximum absolute atomic E-state index is 5.23. The van der Waals surface area contributed by atoms with Gasteiger partial charge in [-0.05, 0) is 92.3 Å². The van der Waals surface area contributed by atoms with E-state index in [2.05, 4.69) is 97.1 Å². The molecule has 34 heavy (non-hydrogen) atoms. The highest BCUT2D eigenvalue weighted by atomic mass is 16.5. The van der Waals surface area contributed by atoms with Gasteiger partial charge in [0.1, 0.15) is 11.5 Å². The van der Waals surface area contributed by atoms with Gasteiger partial charge in [-0.2, -0.15) is 0 Å². The van der Waals surface area contributed by atoms with E-state index in [1.165, 1.54) is 32.7 Å². The van der Waals surface area contributed by atoms with Gasteiger partial charge < -0.3 is 9.47 Å². The normalized spacial score (nSPS) is 11.6. The van der Waals surface area contributed by atoms with Crippen molar-refractivity contribution < 1.29 is 9.47 Å². The van der Waals surface area contributed by atoms with Gasteiger partial charge >= 0.3 is 0 Å². The van der Waals surface area contributed by atoms with Gasteiger partial charge in [-0.15, -0.1) is 0 Å². The third-order valence-electron chi connectivity index (χ3n) is 6.01. The van der Waals surface area contributed by atoms with Crippen molar-refractivity contribution in [3.8, 4) is 11.5 Å². The summed E-state index contributed by atoms with van der Waals surface area (Å²) >= 11 is 0. The average Bonchev–Trinajstić information content (AvgIpc) is 2.90. The molecule has 0 aromatic heterocycles. The summed E-state index contributed by atoms with van der Waals surface area (Å²) in [4.78, 5) is 0. The van der Waals surface area contributed by atoms with E-state index in [-0.39, 0.29) is 0 Å². The number of rotatable bonds is 6. The first kappa shape index (κ1) is 21.5. The standard InChI is InChI=1S/C32H26O2/c1-33-31-15-9-23(10-16-31)3-5-25-7-13-27-22-30-20-26(8-14-28(30)21-29(27)19-25)6-4-24-11-17-32(34-2)18-12-24/h3-22H,1-2H3/b5-3+,6-4+. The van der Waals surface area contributed by atoms with Crippen molar-refractivity contribution in [3.05, 3.63) is 119 Å². The summed E-state index contributed by atoms with van der Waals surface area (Å²) in [6.45, 7) is 0. The summed E-state index contributed by atoms with van der Waals surface area (Å²) in [5.41, 5.74) is 4.66. The molecule has 0 aliphatic rings. The van der Waals surface area contributed by atoms with Crippen LogP contribution < -0.4 is 9.47 Å². The fourth-order valence-corrected chi connectivity index (χ4v) is 4.06. The van der Waals surface area contributed by atoms with Gasteiger partial charge in [0.15, 0.2) is 0 Å². The van der Waals surface area contributed by atoms with Gasteiger partial charge in [-0.1, -0.05) is 72.8 Å². The third kappa shape index (κ3) is 4.87. The molecule has 0 radical (unpaired) electrons. The van der Waals surface area contributed by atoms with Gasteiger partial charge in [0.05, 0.1) is 14.2 Å². The summed E-state index contributed by atoms with van der Waals surface area (Å²) in [5, 5.41) is 4.97. The molecule has 0 aliphatic heterocycles. The van der Waals surface area contributed by atoms with Crippen LogP contribution in [0.1, 0.15) is 22.3 Å². The Kier molecular flexibility index (Phi) is 6.13. The molecule has 5 aromatic carbocycles. The number of fused-ring (bicyclic) bond motifs is 2. The smallest absolute Gasteiger partial charge is 0.118 e. The Morgan fingerprint density at radius 1 is 0.382 bits per heavy atom. The molecule has 0 amide bonds. The molecule has 0 spiro atoms. The Labute approximate surface area is 200 Å². The summed E-state index contributed by atoms with van der Waals surface area (Å²) in [5.74, 6) is 1.74. The minimum absolute atomic E-state index is 0.870. The molecule has 0 bridgehead atoms. The Bertz CT molecular complexity index is 1370. The summed E-state index contributed by atoms with van der Waals surface area (Å²) in [7, 11) is 3.37. The van der Waals surface area contributed by atoms with E-state index in [4.69, 9.17) is 9.47 Å². The maximum atomic E-state index is 5.23. The van der Waals surface area contributed by atoms with Crippen LogP contribution in [0, 0.1) is 0 Å². The third-order valence-corrected chi connectivity index (χ3v) is 6.01. The maximum Gasteiger partial charge on any atom is 0.118 e. The molecule has 2 nitrogen and oxygen atoms in total. The first-order valence-corrected chi connectivity index (χ1v) is 11.3. The second-order valence-corrected chi connectivity index (χ2v) is 8.28. The Morgan fingerprint density at radius 2 is 0.735 bits per heavy atom. The zero-order valence-corrected chi connectivity index (χ0v) is 19.4. The Balaban J connectivity index is 1.38. The number of hydrogen-bond donors (Lipinski definition) is 0. The van der Waals surface area contributed by atoms with E-state index < -0.39 is 0 Å². The Hall–Kier alpha value is -4.30. The van der Waals surface area contributed by atoms with Crippen molar-refractivity contribution in [2.45, 2.75) is 0 Å². The van der Waals surface area contributed by atoms with Gasteiger partial charge in [-0.25, -0.2) is 0 Å². The SMILES string of the molecule is COc1ccc(/C=C/c2ccc3cc4cc(/C=C/c5ccc(OC)cc5)ccc4cc3c2)cc1. The Morgan fingerprint density at radius 3 is 1.12 bits per heavy atom. The van der Waals surface area contributed by atoms with Crippen molar-refractivity contribution in [2.24, 2.45) is 0 Å². The van der Waals surface area contributed by atoms with Crippen LogP contribution in [-0.2, 0) is 0 Å². The molecule has 5 aromatic rings. The zero-order valence-electron chi connectivity index (χ0n) is 19.4. The molecule has 0 aliphatic carbocycles. The molecule has 166 valence electrons. The number of methoxy groups -OCH3 is 2. The minimum Gasteiger partial charge on any atom is -0.497 e. The van der Waals surface area contributed by atoms with Crippen LogP contribution in [0.15, 0.2) is 97.1 Å². The molecule has 2 heteroatoms. The van der Waals surface area contributed by atoms with Crippen molar-refractivity contribution in [1.29, 1.82) is 0 Å². The molecule has 0 N–H and O–H groups in total. The summed E-state index contributed by atoms with van der Waals surface area (Å²) in [6.07, 6.45) is 8.56. The molecular formula is C32H26O2. The van der Waals surface area contributed by atoms with E-state index in [0.29, 0.717) is 0 Å². The van der Waals surface area contributed by atoms with Crippen molar-refractivity contribution in [1.82, 2.24) is 0 Å². The number of ether oxygens (including phenoxy) is 2. The van der Waals surface area contributed by atoms with E-state index in [1.807, 2.05) is 24.3 Å². The molecule has 5 rings (SSSR count). The molecular weight excluding hydrogens is 416 g/mol. The van der Waals surface area contributed by atoms with Gasteiger partial charge in [0, 0.05) is 0 Å². The highest BCUT2D eigenvalue weighted by Gasteiger charge is 2.01. The molecule has 0 unspecified atom stereocenters. The van der Waals surface area contributed by atoms with Crippen molar-refractivity contribution in [3.63, 3.8) is 0 Å². The summed E-state index contributed by atoms with van der Waals surface area (Å²) in [6, 6.07) is 33.9. The van der Waals surface area contributed by atoms with Gasteiger partial charge in [0.25, 0.3) is 0 Å². The molecule has 0 fully saturated rings. The van der Waals surface area contributed by atoms with Crippen molar-refractivity contribution >= 4 is 45.8 Å². The second kappa shape index (κ2) is 9.68. The van der Waals surface area contributed by atoms with Crippen LogP contribution in [-0.4, -0.2) is 14.2 Å². The molecule has 0 saturated heterocycles. The summed E-state index contributed by atoms with van der Waals surface area (Å²) < 4.78 is 10.5. The van der Waals surface area contributed by atoms with Gasteiger partial charge in [-0.3, -0.25) is 0 Å². The zero-order chi connectivity index (χ0) is 23.3. The van der Waals surface area contributed by atoms with Gasteiger partial charge in [0.2, 0.25) is 0 Å². The lowest BCUT2D eigenvalue weighted by Gasteiger charge is -2.05. The average molecular weight is 443 g/mol. The lowest BCUT2D eigenvalue weighted by atomic mass is 9.99. The fourth-order valence-electron chi connectivity index (χ4n) is 4.06. The lowest BCUT2D eigenvalue weighted by molar-refractivity contribution is 0.414. The molecule has 0 heterocycles. The van der Waals surface area contributed by atoms with E-state index in [0.717, 1.165) is 22.6 Å². The van der Waals surface area contributed by atoms with Crippen LogP contribution >= 0.6 is 0 Å². The van der Waals surface area contributed by atoms with E-state index in [9.17, 15) is 0 Å². The van der Waals surface area contributed by atoms with Crippen LogP contribution in [0.25, 0.3) is 45.8 Å². The van der Waals surface area contributed by atoms with Crippen LogP contribution in [0.5, 0.6) is 11.5 Å². The van der Waals surface area contributed by atoms with Crippen LogP contribution in [0.4, 0.5) is 0 Å². The highest BCUT2D eigenvalue weighted by molar-refractivity contribution is 6.00. The quantitative estimate of drug-likeness (QED) is 0.194. The minimum atomic E-state index is 0.870. The number of benzene rings is 5. The second-order valence-electron chi connectivity index (χ2n) is 8.28. The fraction of sp³-hybridized carbons (Fsp3) is 0.0625. The predicted octanol–water partition coefficient (Wildman–Crippen LogP) is 8.35. The first-order chi connectivity index (χ1) is 16.7.